The number of piperidine rings is 1. The minimum absolute atomic E-state index is 0.110. The highest BCUT2D eigenvalue weighted by Crippen LogP contribution is 2.30. The van der Waals surface area contributed by atoms with Crippen LogP contribution in [0.4, 0.5) is 0 Å². The third kappa shape index (κ3) is 2.22. The van der Waals surface area contributed by atoms with Crippen molar-refractivity contribution in [2.45, 2.75) is 19.8 Å². The highest BCUT2D eigenvalue weighted by Gasteiger charge is 2.36. The van der Waals surface area contributed by atoms with Gasteiger partial charge in [-0.1, -0.05) is 24.3 Å². The third-order valence-corrected chi connectivity index (χ3v) is 4.60. The van der Waals surface area contributed by atoms with E-state index in [1.165, 1.54) is 0 Å². The van der Waals surface area contributed by atoms with Crippen molar-refractivity contribution in [3.05, 3.63) is 46.7 Å². The second-order valence-corrected chi connectivity index (χ2v) is 5.83. The average molecular weight is 298 g/mol. The zero-order valence-electron chi connectivity index (χ0n) is 12.5. The Morgan fingerprint density at radius 2 is 1.59 bits per heavy atom. The summed E-state index contributed by atoms with van der Waals surface area (Å²) < 4.78 is 0. The first-order valence-corrected chi connectivity index (χ1v) is 7.44. The third-order valence-electron chi connectivity index (χ3n) is 4.60. The first-order valence-electron chi connectivity index (χ1n) is 7.44. The summed E-state index contributed by atoms with van der Waals surface area (Å²) >= 11 is 0. The molecule has 1 fully saturated rings. The molecule has 1 aromatic rings. The van der Waals surface area contributed by atoms with E-state index in [9.17, 15) is 14.4 Å². The maximum Gasteiger partial charge on any atom is 0.220 e. The fourth-order valence-electron chi connectivity index (χ4n) is 3.24. The minimum Gasteiger partial charge on any atom is -0.374 e. The van der Waals surface area contributed by atoms with Crippen LogP contribution in [0.2, 0.25) is 0 Å². The smallest absolute Gasteiger partial charge is 0.220 e. The van der Waals surface area contributed by atoms with Crippen molar-refractivity contribution in [2.24, 2.45) is 11.7 Å². The van der Waals surface area contributed by atoms with Crippen LogP contribution in [-0.2, 0) is 4.79 Å². The second-order valence-electron chi connectivity index (χ2n) is 5.83. The lowest BCUT2D eigenvalue weighted by Gasteiger charge is -2.33. The number of nitrogens with zero attached hydrogens (tertiary/aromatic N) is 1. The molecule has 0 saturated carbocycles. The summed E-state index contributed by atoms with van der Waals surface area (Å²) in [6.07, 6.45) is 1.32. The molecule has 0 unspecified atom stereocenters. The van der Waals surface area contributed by atoms with Crippen molar-refractivity contribution in [3.8, 4) is 0 Å². The Hall–Kier alpha value is -2.43. The van der Waals surface area contributed by atoms with Crippen LogP contribution in [0.15, 0.2) is 35.5 Å². The standard InChI is InChI=1S/C17H18N2O3/c1-10(19-8-6-11(7-9-19)17(18)22)14-15(20)12-4-2-3-5-13(12)16(14)21/h2-5,11H,6-9H2,1H3,(H2,18,22). The number of hydrogen-bond donors (Lipinski definition) is 1. The fourth-order valence-corrected chi connectivity index (χ4v) is 3.24. The number of likely N-dealkylation sites (tertiary alicyclic amines) is 1. The number of carbonyl (C=O) groups excluding carboxylic acids is 3. The van der Waals surface area contributed by atoms with Crippen LogP contribution in [0.5, 0.6) is 0 Å². The van der Waals surface area contributed by atoms with Crippen LogP contribution in [0.25, 0.3) is 0 Å². The Balaban J connectivity index is 1.87. The Kier molecular flexibility index (Phi) is 3.56. The van der Waals surface area contributed by atoms with Crippen molar-refractivity contribution in [3.63, 3.8) is 0 Å². The summed E-state index contributed by atoms with van der Waals surface area (Å²) in [6.45, 7) is 3.08. The molecule has 1 aliphatic heterocycles. The topological polar surface area (TPSA) is 80.5 Å². The summed E-state index contributed by atoms with van der Waals surface area (Å²) in [5.41, 5.74) is 7.26. The SMILES string of the molecule is CC(=C1C(=O)c2ccccc2C1=O)N1CCC(C(N)=O)CC1. The molecule has 1 aromatic carbocycles. The average Bonchev–Trinajstić information content (AvgIpc) is 2.79. The lowest BCUT2D eigenvalue weighted by atomic mass is 9.95. The van der Waals surface area contributed by atoms with Crippen molar-refractivity contribution >= 4 is 17.5 Å². The number of benzene rings is 1. The van der Waals surface area contributed by atoms with Gasteiger partial charge in [0.2, 0.25) is 5.91 Å². The van der Waals surface area contributed by atoms with Crippen LogP contribution in [0.1, 0.15) is 40.5 Å². The van der Waals surface area contributed by atoms with Crippen molar-refractivity contribution in [2.75, 3.05) is 13.1 Å². The van der Waals surface area contributed by atoms with Crippen molar-refractivity contribution < 1.29 is 14.4 Å². The zero-order valence-corrected chi connectivity index (χ0v) is 12.5. The number of amides is 1. The largest absolute Gasteiger partial charge is 0.374 e. The fraction of sp³-hybridized carbons (Fsp3) is 0.353. The van der Waals surface area contributed by atoms with Crippen molar-refractivity contribution in [1.29, 1.82) is 0 Å². The van der Waals surface area contributed by atoms with Crippen LogP contribution in [-0.4, -0.2) is 35.5 Å². The van der Waals surface area contributed by atoms with Gasteiger partial charge in [0, 0.05) is 35.8 Å². The molecule has 22 heavy (non-hydrogen) atoms. The maximum absolute atomic E-state index is 12.5. The van der Waals surface area contributed by atoms with Crippen LogP contribution in [0, 0.1) is 5.92 Å². The Morgan fingerprint density at radius 3 is 2.05 bits per heavy atom. The number of rotatable bonds is 2. The monoisotopic (exact) mass is 298 g/mol. The number of carbonyl (C=O) groups is 3. The molecule has 114 valence electrons. The molecule has 0 radical (unpaired) electrons. The maximum atomic E-state index is 12.5. The number of primary amides is 1. The molecule has 5 heteroatoms. The van der Waals surface area contributed by atoms with E-state index in [0.29, 0.717) is 42.8 Å². The van der Waals surface area contributed by atoms with Gasteiger partial charge in [-0.05, 0) is 19.8 Å². The predicted octanol–water partition coefficient (Wildman–Crippen LogP) is 1.54. The Bertz CT molecular complexity index is 661. The highest BCUT2D eigenvalue weighted by molar-refractivity contribution is 6.39. The van der Waals surface area contributed by atoms with Gasteiger partial charge in [0.25, 0.3) is 0 Å². The van der Waals surface area contributed by atoms with E-state index in [-0.39, 0.29) is 29.0 Å². The summed E-state index contributed by atoms with van der Waals surface area (Å²) in [5, 5.41) is 0. The molecule has 1 saturated heterocycles. The molecule has 3 rings (SSSR count). The van der Waals surface area contributed by atoms with E-state index in [1.54, 1.807) is 24.3 Å². The molecule has 0 atom stereocenters. The molecule has 1 aliphatic carbocycles. The van der Waals surface area contributed by atoms with Gasteiger partial charge in [-0.25, -0.2) is 0 Å². The Labute approximate surface area is 128 Å². The van der Waals surface area contributed by atoms with E-state index in [4.69, 9.17) is 5.73 Å². The van der Waals surface area contributed by atoms with Crippen LogP contribution < -0.4 is 5.73 Å². The Morgan fingerprint density at radius 1 is 1.09 bits per heavy atom. The molecule has 1 heterocycles. The molecule has 2 aliphatic rings. The molecule has 5 nitrogen and oxygen atoms in total. The summed E-state index contributed by atoms with van der Waals surface area (Å²) in [5.74, 6) is -0.781. The molecular formula is C17H18N2O3. The molecule has 0 bridgehead atoms. The number of nitrogens with two attached hydrogens (primary N) is 1. The van der Waals surface area contributed by atoms with Gasteiger partial charge in [0.15, 0.2) is 11.6 Å². The van der Waals surface area contributed by atoms with Gasteiger partial charge in [-0.15, -0.1) is 0 Å². The number of fused-ring (bicyclic) bond motifs is 1. The van der Waals surface area contributed by atoms with E-state index in [1.807, 2.05) is 11.8 Å². The summed E-state index contributed by atoms with van der Waals surface area (Å²) in [7, 11) is 0. The molecule has 2 N–H and O–H groups in total. The molecule has 0 aromatic heterocycles. The second kappa shape index (κ2) is 5.40. The van der Waals surface area contributed by atoms with Gasteiger partial charge >= 0.3 is 0 Å². The predicted molar refractivity (Wildman–Crippen MR) is 81.3 cm³/mol. The summed E-state index contributed by atoms with van der Waals surface area (Å²) in [4.78, 5) is 38.2. The summed E-state index contributed by atoms with van der Waals surface area (Å²) in [6, 6.07) is 6.91. The number of Topliss-reactive ketones (excluding diaryl/α,β-unsaturated/α-hetero) is 2. The van der Waals surface area contributed by atoms with E-state index >= 15 is 0 Å². The van der Waals surface area contributed by atoms with Gasteiger partial charge in [-0.2, -0.15) is 0 Å². The lowest BCUT2D eigenvalue weighted by molar-refractivity contribution is -0.123. The van der Waals surface area contributed by atoms with Gasteiger partial charge in [0.1, 0.15) is 0 Å². The number of hydrogen-bond acceptors (Lipinski definition) is 4. The lowest BCUT2D eigenvalue weighted by Crippen LogP contribution is -2.38. The van der Waals surface area contributed by atoms with E-state index < -0.39 is 0 Å². The number of allylic oxidation sites excluding steroid dienone is 2. The normalized spacial score (nSPS) is 18.6. The number of ketones is 2. The van der Waals surface area contributed by atoms with Gasteiger partial charge in [-0.3, -0.25) is 14.4 Å². The van der Waals surface area contributed by atoms with E-state index in [0.717, 1.165) is 0 Å². The molecule has 0 spiro atoms. The van der Waals surface area contributed by atoms with Crippen molar-refractivity contribution in [1.82, 2.24) is 4.90 Å². The van der Waals surface area contributed by atoms with Gasteiger partial charge < -0.3 is 10.6 Å². The van der Waals surface area contributed by atoms with E-state index in [2.05, 4.69) is 0 Å². The molecule has 1 amide bonds. The zero-order chi connectivity index (χ0) is 15.9. The first kappa shape index (κ1) is 14.5. The van der Waals surface area contributed by atoms with Gasteiger partial charge in [0.05, 0.1) is 5.57 Å². The minimum atomic E-state index is -0.273. The van der Waals surface area contributed by atoms with Crippen LogP contribution >= 0.6 is 0 Å². The van der Waals surface area contributed by atoms with Crippen LogP contribution in [0.3, 0.4) is 0 Å². The first-order chi connectivity index (χ1) is 10.5. The highest BCUT2D eigenvalue weighted by atomic mass is 16.2. The molecular weight excluding hydrogens is 280 g/mol. The quantitative estimate of drug-likeness (QED) is 0.663.